The summed E-state index contributed by atoms with van der Waals surface area (Å²) < 4.78 is 32.7. The molecule has 1 fully saturated rings. The fourth-order valence-corrected chi connectivity index (χ4v) is 5.86. The van der Waals surface area contributed by atoms with Crippen LogP contribution in [0, 0.1) is 23.0 Å². The molecule has 0 spiro atoms. The van der Waals surface area contributed by atoms with E-state index in [9.17, 15) is 28.4 Å². The Morgan fingerprint density at radius 1 is 1.20 bits per heavy atom. The Bertz CT molecular complexity index is 1370. The molecule has 2 aliphatic rings. The Labute approximate surface area is 245 Å². The van der Waals surface area contributed by atoms with Crippen molar-refractivity contribution in [3.05, 3.63) is 77.0 Å². The number of rotatable bonds is 8. The molecule has 4 amide bonds. The van der Waals surface area contributed by atoms with Gasteiger partial charge in [-0.3, -0.25) is 0 Å². The van der Waals surface area contributed by atoms with Gasteiger partial charge in [-0.15, -0.1) is 0 Å². The summed E-state index contributed by atoms with van der Waals surface area (Å²) in [4.78, 5) is 40.4. The van der Waals surface area contributed by atoms with Gasteiger partial charge in [0.25, 0.3) is 0 Å². The molecule has 2 aromatic rings. The van der Waals surface area contributed by atoms with Crippen LogP contribution in [0.1, 0.15) is 31.2 Å². The summed E-state index contributed by atoms with van der Waals surface area (Å²) in [6.45, 7) is 0.0352. The summed E-state index contributed by atoms with van der Waals surface area (Å²) in [5.41, 5.74) is 1.23. The summed E-state index contributed by atoms with van der Waals surface area (Å²) in [7, 11) is 1.21. The number of nitrogens with one attached hydrogen (secondary N) is 2. The van der Waals surface area contributed by atoms with Gasteiger partial charge >= 0.3 is 18.0 Å². The van der Waals surface area contributed by atoms with Gasteiger partial charge in [0.2, 0.25) is 0 Å². The lowest BCUT2D eigenvalue weighted by atomic mass is 9.69. The molecule has 0 bridgehead atoms. The van der Waals surface area contributed by atoms with Crippen LogP contribution in [0.5, 0.6) is 0 Å². The number of benzene rings is 2. The van der Waals surface area contributed by atoms with Gasteiger partial charge in [0, 0.05) is 41.9 Å². The van der Waals surface area contributed by atoms with Crippen molar-refractivity contribution in [3.8, 4) is 6.07 Å². The predicted octanol–water partition coefficient (Wildman–Crippen LogP) is 4.73. The first kappa shape index (κ1) is 30.0. The van der Waals surface area contributed by atoms with E-state index in [1.165, 1.54) is 13.2 Å². The topological polar surface area (TPSA) is 115 Å². The van der Waals surface area contributed by atoms with Crippen molar-refractivity contribution in [2.75, 3.05) is 37.0 Å². The number of hydrogen-bond acceptors (Lipinski definition) is 6. The molecule has 4 rings (SSSR count). The molecule has 1 heterocycles. The molecule has 1 aliphatic heterocycles. The van der Waals surface area contributed by atoms with Crippen LogP contribution in [0.3, 0.4) is 0 Å². The molecule has 41 heavy (non-hydrogen) atoms. The molecule has 0 radical (unpaired) electrons. The fraction of sp³-hybridized carbons (Fsp3) is 0.379. The Morgan fingerprint density at radius 3 is 2.51 bits per heavy atom. The molecule has 2 aromatic carbocycles. The number of carbonyl (C=O) groups excluding carboxylic acids is 3. The zero-order chi connectivity index (χ0) is 29.6. The van der Waals surface area contributed by atoms with Crippen molar-refractivity contribution in [2.45, 2.75) is 37.1 Å². The van der Waals surface area contributed by atoms with E-state index in [2.05, 4.69) is 32.6 Å². The minimum absolute atomic E-state index is 0.0722. The SMILES string of the molecule is COC(=O)C1=C(CBr)NC(=O)N(C(=O)NCCN(c2ccc(F)c(F)c2)C2CCC(C#N)(c3ccccc3)CC2)C1. The summed E-state index contributed by atoms with van der Waals surface area (Å²) >= 11 is 3.21. The Morgan fingerprint density at radius 2 is 1.90 bits per heavy atom. The average molecular weight is 630 g/mol. The number of urea groups is 2. The number of hydrogen-bond donors (Lipinski definition) is 2. The fourth-order valence-electron chi connectivity index (χ4n) is 5.38. The van der Waals surface area contributed by atoms with E-state index < -0.39 is 35.1 Å². The third kappa shape index (κ3) is 6.51. The molecule has 9 nitrogen and oxygen atoms in total. The number of nitrogens with zero attached hydrogens (tertiary/aromatic N) is 3. The highest BCUT2D eigenvalue weighted by Crippen LogP contribution is 2.41. The average Bonchev–Trinajstić information content (AvgIpc) is 3.00. The number of imide groups is 1. The van der Waals surface area contributed by atoms with Gasteiger partial charge in [-0.2, -0.15) is 5.26 Å². The van der Waals surface area contributed by atoms with Crippen LogP contribution in [0.25, 0.3) is 0 Å². The van der Waals surface area contributed by atoms with Crippen LogP contribution >= 0.6 is 15.9 Å². The molecule has 2 N–H and O–H groups in total. The van der Waals surface area contributed by atoms with Gasteiger partial charge in [-0.25, -0.2) is 28.1 Å². The van der Waals surface area contributed by atoms with Crippen molar-refractivity contribution < 1.29 is 27.9 Å². The highest BCUT2D eigenvalue weighted by atomic mass is 79.9. The Balaban J connectivity index is 1.47. The highest BCUT2D eigenvalue weighted by molar-refractivity contribution is 9.09. The number of carbonyl (C=O) groups is 3. The monoisotopic (exact) mass is 629 g/mol. The summed E-state index contributed by atoms with van der Waals surface area (Å²) in [6.07, 6.45) is 2.40. The molecular weight excluding hydrogens is 600 g/mol. The van der Waals surface area contributed by atoms with Crippen LogP contribution in [-0.4, -0.2) is 61.0 Å². The maximum atomic E-state index is 14.2. The summed E-state index contributed by atoms with van der Waals surface area (Å²) in [5, 5.41) is 15.5. The maximum Gasteiger partial charge on any atom is 0.337 e. The number of ether oxygens (including phenoxy) is 1. The highest BCUT2D eigenvalue weighted by Gasteiger charge is 2.39. The molecular formula is C29H30BrF2N5O4. The maximum absolute atomic E-state index is 14.2. The molecule has 216 valence electrons. The lowest BCUT2D eigenvalue weighted by molar-refractivity contribution is -0.136. The van der Waals surface area contributed by atoms with Gasteiger partial charge in [-0.05, 0) is 43.4 Å². The molecule has 0 atom stereocenters. The minimum atomic E-state index is -0.988. The first-order valence-corrected chi connectivity index (χ1v) is 14.3. The van der Waals surface area contributed by atoms with Crippen LogP contribution in [0.4, 0.5) is 24.1 Å². The zero-order valence-electron chi connectivity index (χ0n) is 22.5. The zero-order valence-corrected chi connectivity index (χ0v) is 24.0. The van der Waals surface area contributed by atoms with Gasteiger partial charge < -0.3 is 20.3 Å². The summed E-state index contributed by atoms with van der Waals surface area (Å²) in [5.74, 6) is -2.62. The summed E-state index contributed by atoms with van der Waals surface area (Å²) in [6, 6.07) is 14.3. The largest absolute Gasteiger partial charge is 0.466 e. The van der Waals surface area contributed by atoms with Crippen LogP contribution in [-0.2, 0) is 14.9 Å². The second kappa shape index (κ2) is 13.1. The molecule has 0 unspecified atom stereocenters. The smallest absolute Gasteiger partial charge is 0.337 e. The minimum Gasteiger partial charge on any atom is -0.466 e. The van der Waals surface area contributed by atoms with Gasteiger partial charge in [0.15, 0.2) is 11.6 Å². The standard InChI is InChI=1S/C29H30BrF2N5O4/c1-41-26(38)22-17-37(28(40)35-25(22)16-30)27(39)34-13-14-36(21-7-8-23(31)24(32)15-21)20-9-11-29(18-33,12-10-20)19-5-3-2-4-6-19/h2-8,15,20H,9-14,16-17H2,1H3,(H,34,39)(H,35,40). The number of alkyl halides is 1. The number of allylic oxidation sites excluding steroid dienone is 1. The number of amides is 4. The van der Waals surface area contributed by atoms with E-state index in [4.69, 9.17) is 4.74 Å². The van der Waals surface area contributed by atoms with Crippen molar-refractivity contribution in [2.24, 2.45) is 0 Å². The number of esters is 1. The third-order valence-electron chi connectivity index (χ3n) is 7.65. The Kier molecular flexibility index (Phi) is 9.60. The normalized spacial score (nSPS) is 20.6. The number of nitriles is 1. The second-order valence-corrected chi connectivity index (χ2v) is 10.5. The van der Waals surface area contributed by atoms with E-state index >= 15 is 0 Å². The van der Waals surface area contributed by atoms with Crippen molar-refractivity contribution in [1.82, 2.24) is 15.5 Å². The van der Waals surface area contributed by atoms with Crippen LogP contribution in [0.15, 0.2) is 59.8 Å². The van der Waals surface area contributed by atoms with E-state index in [-0.39, 0.29) is 36.6 Å². The quantitative estimate of drug-likeness (QED) is 0.322. The predicted molar refractivity (Wildman–Crippen MR) is 151 cm³/mol. The lowest BCUT2D eigenvalue weighted by Gasteiger charge is -2.41. The van der Waals surface area contributed by atoms with E-state index in [1.807, 2.05) is 35.2 Å². The number of anilines is 1. The first-order chi connectivity index (χ1) is 19.7. The van der Waals surface area contributed by atoms with Gasteiger partial charge in [-0.1, -0.05) is 46.3 Å². The number of halogens is 3. The Hall–Kier alpha value is -3.98. The molecule has 1 aliphatic carbocycles. The van der Waals surface area contributed by atoms with E-state index in [1.54, 1.807) is 0 Å². The second-order valence-electron chi connectivity index (χ2n) is 9.91. The van der Waals surface area contributed by atoms with Crippen molar-refractivity contribution in [1.29, 1.82) is 5.26 Å². The van der Waals surface area contributed by atoms with Crippen LogP contribution in [0.2, 0.25) is 0 Å². The van der Waals surface area contributed by atoms with E-state index in [0.717, 1.165) is 22.6 Å². The molecule has 0 aromatic heterocycles. The molecule has 1 saturated carbocycles. The van der Waals surface area contributed by atoms with E-state index in [0.29, 0.717) is 37.1 Å². The molecule has 12 heteroatoms. The lowest BCUT2D eigenvalue weighted by Crippen LogP contribution is -2.54. The van der Waals surface area contributed by atoms with Crippen molar-refractivity contribution in [3.63, 3.8) is 0 Å². The van der Waals surface area contributed by atoms with Gasteiger partial charge in [0.1, 0.15) is 0 Å². The number of methoxy groups -OCH3 is 1. The third-order valence-corrected chi connectivity index (χ3v) is 8.21. The van der Waals surface area contributed by atoms with Crippen molar-refractivity contribution >= 4 is 39.6 Å². The first-order valence-electron chi connectivity index (χ1n) is 13.1. The van der Waals surface area contributed by atoms with Crippen LogP contribution < -0.4 is 15.5 Å². The molecule has 0 saturated heterocycles. The van der Waals surface area contributed by atoms with Gasteiger partial charge in [0.05, 0.1) is 30.7 Å².